The van der Waals surface area contributed by atoms with E-state index in [0.29, 0.717) is 43.1 Å². The Hall–Kier alpha value is -2.75. The topological polar surface area (TPSA) is 98.4 Å². The smallest absolute Gasteiger partial charge is 0.245 e. The highest BCUT2D eigenvalue weighted by Crippen LogP contribution is 2.28. The van der Waals surface area contributed by atoms with Crippen LogP contribution in [0.1, 0.15) is 30.9 Å². The van der Waals surface area contributed by atoms with Crippen molar-refractivity contribution in [1.82, 2.24) is 19.2 Å². The monoisotopic (exact) mass is 455 g/mol. The number of benzene rings is 1. The summed E-state index contributed by atoms with van der Waals surface area (Å²) >= 11 is 0. The van der Waals surface area contributed by atoms with Crippen LogP contribution in [0.2, 0.25) is 0 Å². The molecule has 170 valence electrons. The number of nitrogens with one attached hydrogen (secondary N) is 2. The SMILES string of the molecule is Cc1cccc(C(C)C)c1NC(=O)CN1CCN(S(=O)(=O)c2c[nH]c3ncccc23)CC1. The van der Waals surface area contributed by atoms with Gasteiger partial charge < -0.3 is 10.3 Å². The van der Waals surface area contributed by atoms with E-state index in [-0.39, 0.29) is 17.3 Å². The maximum atomic E-state index is 13.2. The van der Waals surface area contributed by atoms with Crippen LogP contribution in [-0.4, -0.2) is 66.2 Å². The fourth-order valence-corrected chi connectivity index (χ4v) is 5.71. The molecule has 0 spiro atoms. The van der Waals surface area contributed by atoms with Gasteiger partial charge in [-0.25, -0.2) is 13.4 Å². The van der Waals surface area contributed by atoms with Crippen molar-refractivity contribution in [2.45, 2.75) is 31.6 Å². The van der Waals surface area contributed by atoms with Gasteiger partial charge in [0, 0.05) is 49.6 Å². The maximum absolute atomic E-state index is 13.2. The van der Waals surface area contributed by atoms with Crippen LogP contribution in [0.4, 0.5) is 5.69 Å². The molecular weight excluding hydrogens is 426 g/mol. The van der Waals surface area contributed by atoms with E-state index >= 15 is 0 Å². The Kier molecular flexibility index (Phi) is 6.32. The van der Waals surface area contributed by atoms with Crippen LogP contribution in [0, 0.1) is 6.92 Å². The Balaban J connectivity index is 1.39. The molecule has 0 aliphatic carbocycles. The maximum Gasteiger partial charge on any atom is 0.245 e. The van der Waals surface area contributed by atoms with Crippen LogP contribution in [0.3, 0.4) is 0 Å². The van der Waals surface area contributed by atoms with Crippen molar-refractivity contribution in [2.24, 2.45) is 0 Å². The summed E-state index contributed by atoms with van der Waals surface area (Å²) in [6.07, 6.45) is 3.13. The largest absolute Gasteiger partial charge is 0.345 e. The summed E-state index contributed by atoms with van der Waals surface area (Å²) in [5.41, 5.74) is 3.58. The van der Waals surface area contributed by atoms with E-state index in [0.717, 1.165) is 16.8 Å². The minimum atomic E-state index is -3.63. The first-order valence-corrected chi connectivity index (χ1v) is 12.3. The van der Waals surface area contributed by atoms with Gasteiger partial charge in [-0.15, -0.1) is 0 Å². The molecule has 3 heterocycles. The predicted molar refractivity (Wildman–Crippen MR) is 125 cm³/mol. The molecule has 1 aliphatic heterocycles. The number of rotatable bonds is 6. The van der Waals surface area contributed by atoms with Gasteiger partial charge in [-0.3, -0.25) is 9.69 Å². The number of aromatic amines is 1. The van der Waals surface area contributed by atoms with Crippen molar-refractivity contribution in [2.75, 3.05) is 38.0 Å². The lowest BCUT2D eigenvalue weighted by Gasteiger charge is -2.33. The van der Waals surface area contributed by atoms with Gasteiger partial charge in [-0.05, 0) is 36.1 Å². The van der Waals surface area contributed by atoms with Crippen LogP contribution in [0.15, 0.2) is 47.6 Å². The lowest BCUT2D eigenvalue weighted by Crippen LogP contribution is -2.50. The second-order valence-electron chi connectivity index (χ2n) is 8.47. The summed E-state index contributed by atoms with van der Waals surface area (Å²) in [5, 5.41) is 3.66. The first-order valence-electron chi connectivity index (χ1n) is 10.8. The number of aryl methyl sites for hydroxylation is 1. The Bertz CT molecular complexity index is 1230. The van der Waals surface area contributed by atoms with E-state index in [4.69, 9.17) is 0 Å². The zero-order valence-electron chi connectivity index (χ0n) is 18.6. The number of hydrogen-bond acceptors (Lipinski definition) is 5. The number of para-hydroxylation sites is 1. The lowest BCUT2D eigenvalue weighted by atomic mass is 9.98. The Morgan fingerprint density at radius 3 is 2.62 bits per heavy atom. The average molecular weight is 456 g/mol. The Morgan fingerprint density at radius 2 is 1.91 bits per heavy atom. The molecule has 4 rings (SSSR count). The van der Waals surface area contributed by atoms with Crippen molar-refractivity contribution in [3.8, 4) is 0 Å². The van der Waals surface area contributed by atoms with Gasteiger partial charge in [0.05, 0.1) is 6.54 Å². The predicted octanol–water partition coefficient (Wildman–Crippen LogP) is 2.94. The van der Waals surface area contributed by atoms with E-state index in [1.165, 1.54) is 10.5 Å². The number of fused-ring (bicyclic) bond motifs is 1. The van der Waals surface area contributed by atoms with Gasteiger partial charge in [0.2, 0.25) is 15.9 Å². The highest BCUT2D eigenvalue weighted by Gasteiger charge is 2.31. The van der Waals surface area contributed by atoms with Crippen molar-refractivity contribution in [3.05, 3.63) is 53.9 Å². The van der Waals surface area contributed by atoms with Gasteiger partial charge in [-0.2, -0.15) is 4.31 Å². The van der Waals surface area contributed by atoms with E-state index in [1.54, 1.807) is 18.3 Å². The quantitative estimate of drug-likeness (QED) is 0.596. The first kappa shape index (κ1) is 22.4. The molecule has 2 N–H and O–H groups in total. The third-order valence-electron chi connectivity index (χ3n) is 5.92. The number of nitrogens with zero attached hydrogens (tertiary/aromatic N) is 3. The molecule has 0 radical (unpaired) electrons. The molecule has 9 heteroatoms. The minimum Gasteiger partial charge on any atom is -0.345 e. The molecule has 1 aromatic carbocycles. The number of piperazine rings is 1. The van der Waals surface area contributed by atoms with Gasteiger partial charge >= 0.3 is 0 Å². The molecular formula is C23H29N5O3S. The van der Waals surface area contributed by atoms with Crippen LogP contribution in [0.5, 0.6) is 0 Å². The summed E-state index contributed by atoms with van der Waals surface area (Å²) < 4.78 is 27.8. The van der Waals surface area contributed by atoms with Gasteiger partial charge in [0.25, 0.3) is 0 Å². The molecule has 8 nitrogen and oxygen atoms in total. The number of carbonyl (C=O) groups excluding carboxylic acids is 1. The molecule has 0 bridgehead atoms. The van der Waals surface area contributed by atoms with E-state index in [9.17, 15) is 13.2 Å². The van der Waals surface area contributed by atoms with E-state index in [2.05, 4.69) is 29.1 Å². The van der Waals surface area contributed by atoms with Gasteiger partial charge in [0.1, 0.15) is 10.5 Å². The summed E-state index contributed by atoms with van der Waals surface area (Å²) in [7, 11) is -3.63. The van der Waals surface area contributed by atoms with Gasteiger partial charge in [-0.1, -0.05) is 32.0 Å². The summed E-state index contributed by atoms with van der Waals surface area (Å²) in [6.45, 7) is 8.11. The number of hydrogen-bond donors (Lipinski definition) is 2. The third kappa shape index (κ3) is 4.41. The number of anilines is 1. The molecule has 1 saturated heterocycles. The van der Waals surface area contributed by atoms with Crippen molar-refractivity contribution in [1.29, 1.82) is 0 Å². The first-order chi connectivity index (χ1) is 15.3. The molecule has 2 aromatic heterocycles. The van der Waals surface area contributed by atoms with Crippen LogP contribution >= 0.6 is 0 Å². The number of H-pyrrole nitrogens is 1. The molecule has 1 aliphatic rings. The standard InChI is InChI=1S/C23H29N5O3S/c1-16(2)18-7-4-6-17(3)22(18)26-21(29)15-27-10-12-28(13-11-27)32(30,31)20-14-25-23-19(20)8-5-9-24-23/h4-9,14,16H,10-13,15H2,1-3H3,(H,24,25)(H,26,29). The Morgan fingerprint density at radius 1 is 1.16 bits per heavy atom. The minimum absolute atomic E-state index is 0.0831. The second kappa shape index (κ2) is 9.01. The zero-order valence-corrected chi connectivity index (χ0v) is 19.4. The highest BCUT2D eigenvalue weighted by atomic mass is 32.2. The number of aromatic nitrogens is 2. The fourth-order valence-electron chi connectivity index (χ4n) is 4.14. The summed E-state index contributed by atoms with van der Waals surface area (Å²) in [4.78, 5) is 22.1. The van der Waals surface area contributed by atoms with Crippen LogP contribution < -0.4 is 5.32 Å². The molecule has 0 unspecified atom stereocenters. The van der Waals surface area contributed by atoms with Crippen molar-refractivity contribution >= 4 is 32.7 Å². The number of carbonyl (C=O) groups is 1. The Labute approximate surface area is 188 Å². The molecule has 0 saturated carbocycles. The van der Waals surface area contributed by atoms with E-state index in [1.807, 2.05) is 30.0 Å². The summed E-state index contributed by atoms with van der Waals surface area (Å²) in [6, 6.07) is 9.51. The number of amides is 1. The molecule has 32 heavy (non-hydrogen) atoms. The number of pyridine rings is 1. The highest BCUT2D eigenvalue weighted by molar-refractivity contribution is 7.89. The molecule has 0 atom stereocenters. The van der Waals surface area contributed by atoms with Crippen LogP contribution in [0.25, 0.3) is 11.0 Å². The van der Waals surface area contributed by atoms with E-state index < -0.39 is 10.0 Å². The fraction of sp³-hybridized carbons (Fsp3) is 0.391. The zero-order chi connectivity index (χ0) is 22.9. The molecule has 1 amide bonds. The normalized spacial score (nSPS) is 16.0. The van der Waals surface area contributed by atoms with Crippen LogP contribution in [-0.2, 0) is 14.8 Å². The lowest BCUT2D eigenvalue weighted by molar-refractivity contribution is -0.117. The second-order valence-corrected chi connectivity index (χ2v) is 10.4. The third-order valence-corrected chi connectivity index (χ3v) is 7.86. The van der Waals surface area contributed by atoms with Crippen molar-refractivity contribution in [3.63, 3.8) is 0 Å². The molecule has 1 fully saturated rings. The average Bonchev–Trinajstić information content (AvgIpc) is 3.20. The molecule has 3 aromatic rings. The van der Waals surface area contributed by atoms with Gasteiger partial charge in [0.15, 0.2) is 0 Å². The van der Waals surface area contributed by atoms with Crippen molar-refractivity contribution < 1.29 is 13.2 Å². The summed E-state index contributed by atoms with van der Waals surface area (Å²) in [5.74, 6) is 0.221. The number of sulfonamides is 1.